The van der Waals surface area contributed by atoms with Crippen LogP contribution in [0.2, 0.25) is 0 Å². The third-order valence-electron chi connectivity index (χ3n) is 5.23. The first-order valence-corrected chi connectivity index (χ1v) is 10.9. The molecule has 10 heteroatoms. The fourth-order valence-electron chi connectivity index (χ4n) is 3.64. The fourth-order valence-corrected chi connectivity index (χ4v) is 5.56. The highest BCUT2D eigenvalue weighted by atomic mass is 32.2. The zero-order chi connectivity index (χ0) is 20.3. The molecule has 0 saturated carbocycles. The molecular weight excluding hydrogens is 384 g/mol. The number of hydrazine groups is 1. The number of rotatable bonds is 6. The SMILES string of the molecule is CCOC(=O)C1C(C)NNC1S(=O)(=O)N1CCN(c2ccc(OC)cc2)CC1. The maximum absolute atomic E-state index is 13.2. The van der Waals surface area contributed by atoms with Crippen LogP contribution in [-0.4, -0.2) is 70.0 Å². The van der Waals surface area contributed by atoms with Gasteiger partial charge in [0.1, 0.15) is 11.7 Å². The number of piperazine rings is 1. The second-order valence-electron chi connectivity index (χ2n) is 6.90. The Morgan fingerprint density at radius 2 is 1.79 bits per heavy atom. The van der Waals surface area contributed by atoms with E-state index in [2.05, 4.69) is 15.8 Å². The van der Waals surface area contributed by atoms with Gasteiger partial charge >= 0.3 is 5.97 Å². The van der Waals surface area contributed by atoms with Crippen LogP contribution in [0.25, 0.3) is 0 Å². The van der Waals surface area contributed by atoms with Crippen molar-refractivity contribution < 1.29 is 22.7 Å². The van der Waals surface area contributed by atoms with Gasteiger partial charge in [-0.3, -0.25) is 10.2 Å². The molecule has 0 spiro atoms. The molecule has 0 aromatic heterocycles. The number of sulfonamides is 1. The Morgan fingerprint density at radius 1 is 1.14 bits per heavy atom. The highest BCUT2D eigenvalue weighted by Gasteiger charge is 2.49. The number of esters is 1. The lowest BCUT2D eigenvalue weighted by molar-refractivity contribution is -0.148. The van der Waals surface area contributed by atoms with E-state index in [1.165, 1.54) is 4.31 Å². The smallest absolute Gasteiger partial charge is 0.313 e. The molecule has 0 bridgehead atoms. The fraction of sp³-hybridized carbons (Fsp3) is 0.611. The van der Waals surface area contributed by atoms with Gasteiger partial charge in [0.2, 0.25) is 10.0 Å². The van der Waals surface area contributed by atoms with Crippen LogP contribution in [0.5, 0.6) is 5.75 Å². The molecule has 2 fully saturated rings. The molecular formula is C18H28N4O5S. The van der Waals surface area contributed by atoms with Crippen LogP contribution in [0.4, 0.5) is 5.69 Å². The van der Waals surface area contributed by atoms with E-state index in [4.69, 9.17) is 9.47 Å². The Labute approximate surface area is 166 Å². The molecule has 1 aromatic carbocycles. The van der Waals surface area contributed by atoms with E-state index in [0.717, 1.165) is 11.4 Å². The number of carbonyl (C=O) groups excluding carboxylic acids is 1. The Morgan fingerprint density at radius 3 is 2.36 bits per heavy atom. The Balaban J connectivity index is 1.67. The summed E-state index contributed by atoms with van der Waals surface area (Å²) in [4.78, 5) is 14.4. The molecule has 2 aliphatic heterocycles. The van der Waals surface area contributed by atoms with Gasteiger partial charge in [-0.1, -0.05) is 0 Å². The van der Waals surface area contributed by atoms with Gasteiger partial charge in [-0.05, 0) is 38.1 Å². The molecule has 3 rings (SSSR count). The molecule has 3 unspecified atom stereocenters. The van der Waals surface area contributed by atoms with Crippen LogP contribution in [-0.2, 0) is 19.6 Å². The molecule has 1 aromatic rings. The van der Waals surface area contributed by atoms with E-state index >= 15 is 0 Å². The van der Waals surface area contributed by atoms with Crippen LogP contribution in [0.15, 0.2) is 24.3 Å². The van der Waals surface area contributed by atoms with Gasteiger partial charge in [0.15, 0.2) is 5.37 Å². The van der Waals surface area contributed by atoms with Crippen molar-refractivity contribution in [3.8, 4) is 5.75 Å². The van der Waals surface area contributed by atoms with Crippen molar-refractivity contribution in [3.63, 3.8) is 0 Å². The average Bonchev–Trinajstić information content (AvgIpc) is 3.11. The van der Waals surface area contributed by atoms with E-state index in [9.17, 15) is 13.2 Å². The van der Waals surface area contributed by atoms with Gasteiger partial charge < -0.3 is 14.4 Å². The number of anilines is 1. The topological polar surface area (TPSA) is 100 Å². The van der Waals surface area contributed by atoms with Crippen molar-refractivity contribution in [2.24, 2.45) is 5.92 Å². The summed E-state index contributed by atoms with van der Waals surface area (Å²) in [6, 6.07) is 7.36. The monoisotopic (exact) mass is 412 g/mol. The molecule has 2 N–H and O–H groups in total. The molecule has 3 atom stereocenters. The van der Waals surface area contributed by atoms with E-state index < -0.39 is 27.3 Å². The predicted molar refractivity (Wildman–Crippen MR) is 105 cm³/mol. The number of carbonyl (C=O) groups is 1. The first-order valence-electron chi connectivity index (χ1n) is 9.44. The van der Waals surface area contributed by atoms with Crippen LogP contribution in [0, 0.1) is 5.92 Å². The van der Waals surface area contributed by atoms with Gasteiger partial charge in [0, 0.05) is 37.9 Å². The molecule has 156 valence electrons. The first-order chi connectivity index (χ1) is 13.4. The Hall–Kier alpha value is -1.88. The number of ether oxygens (including phenoxy) is 2. The number of hydrogen-bond acceptors (Lipinski definition) is 8. The highest BCUT2D eigenvalue weighted by Crippen LogP contribution is 2.26. The molecule has 0 amide bonds. The Kier molecular flexibility index (Phi) is 6.43. The summed E-state index contributed by atoms with van der Waals surface area (Å²) in [6.45, 7) is 5.56. The second kappa shape index (κ2) is 8.64. The van der Waals surface area contributed by atoms with Crippen LogP contribution >= 0.6 is 0 Å². The summed E-state index contributed by atoms with van der Waals surface area (Å²) in [7, 11) is -2.09. The quantitative estimate of drug-likeness (QED) is 0.637. The highest BCUT2D eigenvalue weighted by molar-refractivity contribution is 7.89. The number of benzene rings is 1. The largest absolute Gasteiger partial charge is 0.497 e. The van der Waals surface area contributed by atoms with E-state index in [1.807, 2.05) is 24.3 Å². The van der Waals surface area contributed by atoms with Crippen LogP contribution in [0.3, 0.4) is 0 Å². The van der Waals surface area contributed by atoms with Gasteiger partial charge in [0.05, 0.1) is 13.7 Å². The zero-order valence-electron chi connectivity index (χ0n) is 16.4. The van der Waals surface area contributed by atoms with Crippen molar-refractivity contribution >= 4 is 21.7 Å². The minimum atomic E-state index is -3.71. The average molecular weight is 413 g/mol. The lowest BCUT2D eigenvalue weighted by Gasteiger charge is -2.37. The molecule has 2 heterocycles. The third kappa shape index (κ3) is 4.09. The van der Waals surface area contributed by atoms with Gasteiger partial charge in [-0.25, -0.2) is 13.8 Å². The van der Waals surface area contributed by atoms with Crippen molar-refractivity contribution in [2.45, 2.75) is 25.3 Å². The van der Waals surface area contributed by atoms with Crippen LogP contribution in [0.1, 0.15) is 13.8 Å². The normalized spacial score (nSPS) is 26.2. The predicted octanol–water partition coefficient (Wildman–Crippen LogP) is 0.149. The number of nitrogens with zero attached hydrogens (tertiary/aromatic N) is 2. The first kappa shape index (κ1) is 20.8. The van der Waals surface area contributed by atoms with Crippen molar-refractivity contribution in [1.29, 1.82) is 0 Å². The summed E-state index contributed by atoms with van der Waals surface area (Å²) in [5.74, 6) is -0.508. The van der Waals surface area contributed by atoms with Crippen LogP contribution < -0.4 is 20.5 Å². The summed E-state index contributed by atoms with van der Waals surface area (Å²) in [6.07, 6.45) is 0. The van der Waals surface area contributed by atoms with Crippen molar-refractivity contribution in [2.75, 3.05) is 44.8 Å². The minimum Gasteiger partial charge on any atom is -0.497 e. The molecule has 9 nitrogen and oxygen atoms in total. The summed E-state index contributed by atoms with van der Waals surface area (Å²) < 4.78 is 38.0. The zero-order valence-corrected chi connectivity index (χ0v) is 17.2. The van der Waals surface area contributed by atoms with Gasteiger partial charge in [-0.2, -0.15) is 4.31 Å². The number of nitrogens with one attached hydrogen (secondary N) is 2. The maximum atomic E-state index is 13.2. The molecule has 2 saturated heterocycles. The molecule has 2 aliphatic rings. The second-order valence-corrected chi connectivity index (χ2v) is 8.96. The van der Waals surface area contributed by atoms with E-state index in [-0.39, 0.29) is 12.6 Å². The summed E-state index contributed by atoms with van der Waals surface area (Å²) in [5.41, 5.74) is 6.68. The molecule has 0 radical (unpaired) electrons. The summed E-state index contributed by atoms with van der Waals surface area (Å²) >= 11 is 0. The van der Waals surface area contributed by atoms with E-state index in [0.29, 0.717) is 26.2 Å². The lowest BCUT2D eigenvalue weighted by atomic mass is 10.0. The van der Waals surface area contributed by atoms with Gasteiger partial charge in [0.25, 0.3) is 0 Å². The number of methoxy groups -OCH3 is 1. The maximum Gasteiger partial charge on any atom is 0.313 e. The Bertz CT molecular complexity index is 778. The van der Waals surface area contributed by atoms with Crippen molar-refractivity contribution in [3.05, 3.63) is 24.3 Å². The summed E-state index contributed by atoms with van der Waals surface area (Å²) in [5, 5.41) is -1.03. The van der Waals surface area contributed by atoms with Crippen molar-refractivity contribution in [1.82, 2.24) is 15.2 Å². The molecule has 0 aliphatic carbocycles. The standard InChI is InChI=1S/C18H28N4O5S/c1-4-27-18(23)16-13(2)19-20-17(16)28(24,25)22-11-9-21(10-12-22)14-5-7-15(26-3)8-6-14/h5-8,13,16-17,19-20H,4,9-12H2,1-3H3. The van der Waals surface area contributed by atoms with Gasteiger partial charge in [-0.15, -0.1) is 0 Å². The number of hydrogen-bond donors (Lipinski definition) is 2. The minimum absolute atomic E-state index is 0.218. The molecule has 28 heavy (non-hydrogen) atoms. The lowest BCUT2D eigenvalue weighted by Crippen LogP contribution is -2.55. The van der Waals surface area contributed by atoms with E-state index in [1.54, 1.807) is 21.0 Å². The third-order valence-corrected chi connectivity index (χ3v) is 7.37.